The Balaban J connectivity index is 1.23. The molecule has 8 aromatic carbocycles. The molecular weight excluding hydrogens is 685 g/mol. The molecule has 11 rings (SSSR count). The fourth-order valence-electron chi connectivity index (χ4n) is 6.88. The number of para-hydroxylation sites is 2. The third-order valence-electron chi connectivity index (χ3n) is 9.62. The molecule has 3 aromatic heterocycles. The Morgan fingerprint density at radius 1 is 0.339 bits per heavy atom. The Labute approximate surface area is 342 Å². The normalized spacial score (nSPS) is 15.1. The van der Waals surface area contributed by atoms with Crippen LogP contribution in [0.25, 0.3) is 111 Å². The maximum Gasteiger partial charge on any atom is 0.160 e. The maximum absolute atomic E-state index is 9.67. The van der Waals surface area contributed by atoms with E-state index in [1.165, 1.54) is 6.07 Å². The van der Waals surface area contributed by atoms with Gasteiger partial charge in [-0.25, -0.2) is 9.97 Å². The molecule has 0 atom stereocenters. The number of aromatic nitrogens is 2. The van der Waals surface area contributed by atoms with Gasteiger partial charge in [0, 0.05) is 38.2 Å². The van der Waals surface area contributed by atoms with Crippen molar-refractivity contribution in [1.82, 2.24) is 9.97 Å². The van der Waals surface area contributed by atoms with Crippen LogP contribution < -0.4 is 0 Å². The summed E-state index contributed by atoms with van der Waals surface area (Å²) in [4.78, 5) is 10.0. The van der Waals surface area contributed by atoms with Crippen molar-refractivity contribution >= 4 is 43.9 Å². The van der Waals surface area contributed by atoms with Crippen LogP contribution >= 0.6 is 0 Å². The molecule has 4 nitrogen and oxygen atoms in total. The van der Waals surface area contributed by atoms with Gasteiger partial charge in [0.15, 0.2) is 5.82 Å². The van der Waals surface area contributed by atoms with Crippen molar-refractivity contribution in [3.8, 4) is 67.3 Å². The lowest BCUT2D eigenvalue weighted by atomic mass is 9.93. The minimum atomic E-state index is -0.584. The van der Waals surface area contributed by atoms with Crippen LogP contribution in [0.1, 0.15) is 19.2 Å². The van der Waals surface area contributed by atoms with Crippen LogP contribution in [0.15, 0.2) is 203 Å². The van der Waals surface area contributed by atoms with E-state index < -0.39 is 84.6 Å². The van der Waals surface area contributed by atoms with Gasteiger partial charge in [0.2, 0.25) is 0 Å². The zero-order valence-electron chi connectivity index (χ0n) is 43.1. The van der Waals surface area contributed by atoms with Gasteiger partial charge in [-0.15, -0.1) is 0 Å². The molecule has 0 N–H and O–H groups in total. The average Bonchev–Trinajstić information content (AvgIpc) is 4.00. The largest absolute Gasteiger partial charge is 0.456 e. The molecule has 0 saturated carbocycles. The Hall–Kier alpha value is -7.56. The van der Waals surface area contributed by atoms with Gasteiger partial charge >= 0.3 is 0 Å². The first-order chi connectivity index (χ1) is 33.5. The molecule has 0 aliphatic carbocycles. The lowest BCUT2D eigenvalue weighted by molar-refractivity contribution is 0.668. The SMILES string of the molecule is [2H]c1c([2H])c([2H])c2c(oc3c([2H])c([2H])c(-c4cc(-c5cc(-c6ccc(-c7ccccc7)cc6)nc(-c6ccccc6)n5)cc(-c5c([2H])c([2H])c6oc7c([2H])c([2H])c([2H])c([2H])c7c6c5[2H])c4)c([2H])c32)c1[2H]. The van der Waals surface area contributed by atoms with Gasteiger partial charge in [-0.3, -0.25) is 0 Å². The summed E-state index contributed by atoms with van der Waals surface area (Å²) in [7, 11) is 0. The summed E-state index contributed by atoms with van der Waals surface area (Å²) in [6, 6.07) is 26.3. The van der Waals surface area contributed by atoms with Gasteiger partial charge in [0.05, 0.1) is 30.6 Å². The number of benzene rings is 8. The highest BCUT2D eigenvalue weighted by atomic mass is 16.3. The first-order valence-electron chi connectivity index (χ1n) is 24.7. The number of nitrogens with zero attached hydrogens (tertiary/aromatic N) is 2. The summed E-state index contributed by atoms with van der Waals surface area (Å²) >= 11 is 0. The zero-order chi connectivity index (χ0) is 49.2. The lowest BCUT2D eigenvalue weighted by Gasteiger charge is -2.14. The summed E-state index contributed by atoms with van der Waals surface area (Å²) in [6.45, 7) is 0. The van der Waals surface area contributed by atoms with Crippen LogP contribution in [-0.4, -0.2) is 9.97 Å². The molecule has 0 unspecified atom stereocenters. The molecule has 0 bridgehead atoms. The Bertz CT molecular complexity index is 3870. The summed E-state index contributed by atoms with van der Waals surface area (Å²) in [5, 5.41) is -0.552. The highest BCUT2D eigenvalue weighted by molar-refractivity contribution is 6.07. The van der Waals surface area contributed by atoms with Gasteiger partial charge in [-0.1, -0.05) is 133 Å². The molecule has 11 aromatic rings. The second-order valence-corrected chi connectivity index (χ2v) is 13.1. The fraction of sp³-hybridized carbons (Fsp3) is 0. The van der Waals surface area contributed by atoms with Crippen molar-refractivity contribution < 1.29 is 28.0 Å². The van der Waals surface area contributed by atoms with E-state index in [1.807, 2.05) is 84.9 Å². The summed E-state index contributed by atoms with van der Waals surface area (Å²) < 4.78 is 136. The monoisotopic (exact) mass is 730 g/mol. The van der Waals surface area contributed by atoms with Crippen molar-refractivity contribution in [3.63, 3.8) is 0 Å². The van der Waals surface area contributed by atoms with E-state index >= 15 is 0 Å². The molecule has 0 aliphatic rings. The van der Waals surface area contributed by atoms with Crippen molar-refractivity contribution in [3.05, 3.63) is 194 Å². The first-order valence-corrected chi connectivity index (χ1v) is 17.7. The summed E-state index contributed by atoms with van der Waals surface area (Å²) in [5.74, 6) is 0.333. The Kier molecular flexibility index (Phi) is 4.85. The number of hydrogen-bond donors (Lipinski definition) is 0. The van der Waals surface area contributed by atoms with E-state index in [9.17, 15) is 5.48 Å². The molecule has 0 fully saturated rings. The van der Waals surface area contributed by atoms with Gasteiger partial charge in [0.1, 0.15) is 22.3 Å². The summed E-state index contributed by atoms with van der Waals surface area (Å²) in [6.07, 6.45) is 0. The second kappa shape index (κ2) is 13.1. The molecule has 0 aliphatic heterocycles. The molecule has 56 heavy (non-hydrogen) atoms. The fourth-order valence-corrected chi connectivity index (χ4v) is 6.88. The lowest BCUT2D eigenvalue weighted by Crippen LogP contribution is -1.96. The van der Waals surface area contributed by atoms with Crippen LogP contribution in [0.2, 0.25) is 0 Å². The van der Waals surface area contributed by atoms with Gasteiger partial charge in [-0.05, 0) is 93.9 Å². The second-order valence-electron chi connectivity index (χ2n) is 13.1. The maximum atomic E-state index is 9.67. The molecule has 4 heteroatoms. The number of rotatable bonds is 6. The van der Waals surface area contributed by atoms with E-state index in [0.717, 1.165) is 16.7 Å². The van der Waals surface area contributed by atoms with Gasteiger partial charge in [-0.2, -0.15) is 0 Å². The van der Waals surface area contributed by atoms with Gasteiger partial charge < -0.3 is 8.83 Å². The van der Waals surface area contributed by atoms with Crippen molar-refractivity contribution in [2.45, 2.75) is 0 Å². The third-order valence-corrected chi connectivity index (χ3v) is 9.62. The molecular formula is C52H32N2O2. The topological polar surface area (TPSA) is 52.1 Å². The number of furan rings is 2. The number of fused-ring (bicyclic) bond motifs is 6. The summed E-state index contributed by atoms with van der Waals surface area (Å²) in [5.41, 5.74) is 3.32. The Morgan fingerprint density at radius 2 is 0.786 bits per heavy atom. The Morgan fingerprint density at radius 3 is 1.36 bits per heavy atom. The van der Waals surface area contributed by atoms with Crippen LogP contribution in [0.4, 0.5) is 0 Å². The van der Waals surface area contributed by atoms with Crippen molar-refractivity contribution in [2.24, 2.45) is 0 Å². The first kappa shape index (κ1) is 20.8. The van der Waals surface area contributed by atoms with Crippen LogP contribution in [0.3, 0.4) is 0 Å². The highest BCUT2D eigenvalue weighted by Gasteiger charge is 2.16. The molecule has 262 valence electrons. The standard InChI is InChI=1S/C52H32N2O2/c1-3-11-33(12-4-1)34-19-21-35(22-20-34)46-32-47(54-52(53-46)36-13-5-2-6-14-36)41-28-39(37-23-25-50-44(30-37)42-15-7-9-17-48(42)55-50)27-40(29-41)38-24-26-51-45(31-38)43-16-8-10-18-49(43)56-51/h1-32H/i7D,8D,9D,10D,15D,16D,17D,18D,23D,24D,25D,26D,30D,31D. The third kappa shape index (κ3) is 5.64. The van der Waals surface area contributed by atoms with E-state index in [4.69, 9.17) is 32.5 Å². The van der Waals surface area contributed by atoms with E-state index in [2.05, 4.69) is 0 Å². The van der Waals surface area contributed by atoms with Crippen molar-refractivity contribution in [1.29, 1.82) is 0 Å². The van der Waals surface area contributed by atoms with Crippen LogP contribution in [0, 0.1) is 0 Å². The van der Waals surface area contributed by atoms with E-state index in [-0.39, 0.29) is 66.1 Å². The average molecular weight is 731 g/mol. The molecule has 0 saturated heterocycles. The molecule has 0 amide bonds. The van der Waals surface area contributed by atoms with Gasteiger partial charge in [0.25, 0.3) is 0 Å². The quantitative estimate of drug-likeness (QED) is 0.171. The molecule has 3 heterocycles. The molecule has 0 radical (unpaired) electrons. The predicted molar refractivity (Wildman–Crippen MR) is 229 cm³/mol. The van der Waals surface area contributed by atoms with E-state index in [0.29, 0.717) is 28.3 Å². The highest BCUT2D eigenvalue weighted by Crippen LogP contribution is 2.39. The zero-order valence-corrected chi connectivity index (χ0v) is 29.1. The molecule has 0 spiro atoms. The van der Waals surface area contributed by atoms with Crippen molar-refractivity contribution in [2.75, 3.05) is 0 Å². The predicted octanol–water partition coefficient (Wildman–Crippen LogP) is 14.3. The minimum absolute atomic E-state index is 0.103. The minimum Gasteiger partial charge on any atom is -0.456 e. The van der Waals surface area contributed by atoms with E-state index in [1.54, 1.807) is 18.2 Å². The number of hydrogen-bond acceptors (Lipinski definition) is 4. The van der Waals surface area contributed by atoms with Crippen LogP contribution in [0.5, 0.6) is 0 Å². The van der Waals surface area contributed by atoms with Crippen LogP contribution in [-0.2, 0) is 0 Å². The smallest absolute Gasteiger partial charge is 0.160 e.